The maximum atomic E-state index is 11.8. The Hall–Kier alpha value is -2.29. The Balaban J connectivity index is 1.85. The number of thioether (sulfide) groups is 1. The quantitative estimate of drug-likeness (QED) is 0.475. The SMILES string of the molecule is C#CCN1C(=O)S/C(=C\c2ccc(-c3ccccc3)o2)C1=S. The Labute approximate surface area is 138 Å². The van der Waals surface area contributed by atoms with E-state index < -0.39 is 0 Å². The van der Waals surface area contributed by atoms with E-state index >= 15 is 0 Å². The van der Waals surface area contributed by atoms with Crippen molar-refractivity contribution in [3.8, 4) is 23.7 Å². The summed E-state index contributed by atoms with van der Waals surface area (Å²) in [6.07, 6.45) is 7.02. The standard InChI is InChI=1S/C17H11NO2S2/c1-2-10-18-16(21)15(22-17(18)19)11-13-8-9-14(20-13)12-6-4-3-5-7-12/h1,3-9,11H,10H2/b15-11-. The summed E-state index contributed by atoms with van der Waals surface area (Å²) in [6, 6.07) is 13.6. The van der Waals surface area contributed by atoms with Gasteiger partial charge in [-0.2, -0.15) is 0 Å². The lowest BCUT2D eigenvalue weighted by atomic mass is 10.2. The molecule has 1 saturated heterocycles. The van der Waals surface area contributed by atoms with Crippen molar-refractivity contribution in [2.45, 2.75) is 0 Å². The molecule has 0 saturated carbocycles. The monoisotopic (exact) mass is 325 g/mol. The van der Waals surface area contributed by atoms with Crippen molar-refractivity contribution in [1.29, 1.82) is 0 Å². The zero-order valence-electron chi connectivity index (χ0n) is 11.5. The number of thiocarbonyl (C=S) groups is 1. The van der Waals surface area contributed by atoms with Gasteiger partial charge >= 0.3 is 0 Å². The fraction of sp³-hybridized carbons (Fsp3) is 0.0588. The number of amides is 1. The molecule has 0 spiro atoms. The third-order valence-electron chi connectivity index (χ3n) is 3.08. The van der Waals surface area contributed by atoms with E-state index in [2.05, 4.69) is 5.92 Å². The van der Waals surface area contributed by atoms with Gasteiger partial charge in [0.05, 0.1) is 11.4 Å². The topological polar surface area (TPSA) is 33.5 Å². The van der Waals surface area contributed by atoms with Gasteiger partial charge in [-0.25, -0.2) is 0 Å². The van der Waals surface area contributed by atoms with Crippen molar-refractivity contribution < 1.29 is 9.21 Å². The van der Waals surface area contributed by atoms with Crippen LogP contribution in [0.3, 0.4) is 0 Å². The Morgan fingerprint density at radius 1 is 1.27 bits per heavy atom. The third-order valence-corrected chi connectivity index (χ3v) is 4.58. The number of carbonyl (C=O) groups excluding carboxylic acids is 1. The molecule has 1 aliphatic rings. The van der Waals surface area contributed by atoms with E-state index in [4.69, 9.17) is 23.1 Å². The number of carbonyl (C=O) groups is 1. The highest BCUT2D eigenvalue weighted by Crippen LogP contribution is 2.34. The molecule has 0 atom stereocenters. The predicted molar refractivity (Wildman–Crippen MR) is 93.2 cm³/mol. The summed E-state index contributed by atoms with van der Waals surface area (Å²) in [5.41, 5.74) is 0.999. The zero-order chi connectivity index (χ0) is 15.5. The second kappa shape index (κ2) is 6.22. The average molecular weight is 325 g/mol. The van der Waals surface area contributed by atoms with Crippen molar-refractivity contribution in [2.75, 3.05) is 6.54 Å². The first-order valence-corrected chi connectivity index (χ1v) is 7.75. The van der Waals surface area contributed by atoms with Crippen LogP contribution in [0.5, 0.6) is 0 Å². The number of rotatable bonds is 3. The lowest BCUT2D eigenvalue weighted by molar-refractivity contribution is 0.248. The summed E-state index contributed by atoms with van der Waals surface area (Å²) in [7, 11) is 0. The maximum absolute atomic E-state index is 11.8. The lowest BCUT2D eigenvalue weighted by Gasteiger charge is -2.09. The molecule has 5 heteroatoms. The van der Waals surface area contributed by atoms with Gasteiger partial charge in [0.25, 0.3) is 5.24 Å². The van der Waals surface area contributed by atoms with Crippen LogP contribution in [0.1, 0.15) is 5.76 Å². The molecular weight excluding hydrogens is 314 g/mol. The molecule has 1 aliphatic heterocycles. The van der Waals surface area contributed by atoms with E-state index in [1.165, 1.54) is 4.90 Å². The van der Waals surface area contributed by atoms with Crippen LogP contribution in [0.2, 0.25) is 0 Å². The van der Waals surface area contributed by atoms with Crippen LogP contribution in [0.4, 0.5) is 4.79 Å². The maximum Gasteiger partial charge on any atom is 0.292 e. The molecule has 2 aromatic rings. The van der Waals surface area contributed by atoms with Gasteiger partial charge in [-0.15, -0.1) is 6.42 Å². The van der Waals surface area contributed by atoms with Gasteiger partial charge in [-0.05, 0) is 30.0 Å². The van der Waals surface area contributed by atoms with Gasteiger partial charge in [0.15, 0.2) is 0 Å². The number of hydrogen-bond acceptors (Lipinski definition) is 4. The minimum absolute atomic E-state index is 0.149. The van der Waals surface area contributed by atoms with Crippen LogP contribution in [-0.4, -0.2) is 21.7 Å². The van der Waals surface area contributed by atoms with Crippen LogP contribution >= 0.6 is 24.0 Å². The fourth-order valence-electron chi connectivity index (χ4n) is 2.04. The van der Waals surface area contributed by atoms with Crippen LogP contribution in [0.25, 0.3) is 17.4 Å². The summed E-state index contributed by atoms with van der Waals surface area (Å²) in [6.45, 7) is 0.190. The fourth-order valence-corrected chi connectivity index (χ4v) is 3.26. The zero-order valence-corrected chi connectivity index (χ0v) is 13.1. The number of furan rings is 1. The lowest BCUT2D eigenvalue weighted by Crippen LogP contribution is -2.26. The molecule has 22 heavy (non-hydrogen) atoms. The molecule has 3 nitrogen and oxygen atoms in total. The summed E-state index contributed by atoms with van der Waals surface area (Å²) in [5, 5.41) is -0.149. The minimum atomic E-state index is -0.149. The summed E-state index contributed by atoms with van der Waals surface area (Å²) in [5.74, 6) is 3.86. The Kier molecular flexibility index (Phi) is 4.14. The molecule has 1 aromatic carbocycles. The third kappa shape index (κ3) is 2.84. The van der Waals surface area contributed by atoms with Gasteiger partial charge < -0.3 is 4.42 Å². The van der Waals surface area contributed by atoms with Crippen molar-refractivity contribution in [3.63, 3.8) is 0 Å². The molecule has 1 fully saturated rings. The minimum Gasteiger partial charge on any atom is -0.457 e. The van der Waals surface area contributed by atoms with Crippen LogP contribution in [-0.2, 0) is 0 Å². The van der Waals surface area contributed by atoms with E-state index in [0.717, 1.165) is 23.1 Å². The average Bonchev–Trinajstić information content (AvgIpc) is 3.09. The highest BCUT2D eigenvalue weighted by Gasteiger charge is 2.31. The largest absolute Gasteiger partial charge is 0.457 e. The van der Waals surface area contributed by atoms with Crippen molar-refractivity contribution in [2.24, 2.45) is 0 Å². The summed E-state index contributed by atoms with van der Waals surface area (Å²) >= 11 is 6.36. The first kappa shape index (κ1) is 14.6. The smallest absolute Gasteiger partial charge is 0.292 e. The van der Waals surface area contributed by atoms with Crippen molar-refractivity contribution in [1.82, 2.24) is 4.90 Å². The molecule has 0 unspecified atom stereocenters. The Bertz CT molecular complexity index is 800. The highest BCUT2D eigenvalue weighted by atomic mass is 32.2. The van der Waals surface area contributed by atoms with E-state index in [1.807, 2.05) is 42.5 Å². The van der Waals surface area contributed by atoms with Crippen LogP contribution < -0.4 is 0 Å². The summed E-state index contributed by atoms with van der Waals surface area (Å²) in [4.78, 5) is 14.4. The van der Waals surface area contributed by atoms with E-state index in [1.54, 1.807) is 6.08 Å². The molecule has 0 radical (unpaired) electrons. The van der Waals surface area contributed by atoms with Crippen molar-refractivity contribution >= 4 is 40.3 Å². The molecule has 2 heterocycles. The van der Waals surface area contributed by atoms with Gasteiger partial charge in [-0.3, -0.25) is 9.69 Å². The van der Waals surface area contributed by atoms with Gasteiger partial charge in [0, 0.05) is 5.56 Å². The molecule has 3 rings (SSSR count). The molecule has 0 bridgehead atoms. The van der Waals surface area contributed by atoms with E-state index in [9.17, 15) is 4.79 Å². The molecule has 108 valence electrons. The Morgan fingerprint density at radius 3 is 2.77 bits per heavy atom. The van der Waals surface area contributed by atoms with Crippen LogP contribution in [0, 0.1) is 12.3 Å². The van der Waals surface area contributed by atoms with Gasteiger partial charge in [0.2, 0.25) is 0 Å². The molecular formula is C17H11NO2S2. The van der Waals surface area contributed by atoms with Gasteiger partial charge in [-0.1, -0.05) is 48.5 Å². The van der Waals surface area contributed by atoms with E-state index in [0.29, 0.717) is 15.7 Å². The molecule has 1 aromatic heterocycles. The second-order valence-corrected chi connectivity index (χ2v) is 5.92. The number of benzene rings is 1. The first-order valence-electron chi connectivity index (χ1n) is 6.53. The number of terminal acetylenes is 1. The Morgan fingerprint density at radius 2 is 2.05 bits per heavy atom. The summed E-state index contributed by atoms with van der Waals surface area (Å²) < 4.78 is 5.79. The first-order chi connectivity index (χ1) is 10.7. The second-order valence-electron chi connectivity index (χ2n) is 4.54. The normalized spacial score (nSPS) is 16.3. The molecule has 0 N–H and O–H groups in total. The van der Waals surface area contributed by atoms with E-state index in [-0.39, 0.29) is 11.8 Å². The number of nitrogens with zero attached hydrogens (tertiary/aromatic N) is 1. The van der Waals surface area contributed by atoms with Crippen LogP contribution in [0.15, 0.2) is 51.8 Å². The highest BCUT2D eigenvalue weighted by molar-refractivity contribution is 8.19. The predicted octanol–water partition coefficient (Wildman–Crippen LogP) is 4.42. The van der Waals surface area contributed by atoms with Gasteiger partial charge in [0.1, 0.15) is 16.5 Å². The molecule has 1 amide bonds. The molecule has 0 aliphatic carbocycles. The number of hydrogen-bond donors (Lipinski definition) is 0. The van der Waals surface area contributed by atoms with Crippen molar-refractivity contribution in [3.05, 3.63) is 53.1 Å².